The first-order chi connectivity index (χ1) is 15.2. The third kappa shape index (κ3) is 5.57. The van der Waals surface area contributed by atoms with E-state index in [1.165, 1.54) is 12.1 Å². The highest BCUT2D eigenvalue weighted by Crippen LogP contribution is 2.32. The van der Waals surface area contributed by atoms with Gasteiger partial charge in [-0.3, -0.25) is 4.79 Å². The SMILES string of the molecule is CCOC(=O)c1ccccc1NC(=O)CSc1ncc(S(=O)(=O)c2ccc(Cl)s2)c(N)n1. The molecular weight excluding hydrogens is 496 g/mol. The number of anilines is 2. The number of nitrogens with two attached hydrogens (primary N) is 1. The van der Waals surface area contributed by atoms with Gasteiger partial charge in [0.15, 0.2) is 5.16 Å². The van der Waals surface area contributed by atoms with Gasteiger partial charge in [0.2, 0.25) is 15.7 Å². The van der Waals surface area contributed by atoms with Crippen LogP contribution in [0.1, 0.15) is 17.3 Å². The Bertz CT molecular complexity index is 1260. The summed E-state index contributed by atoms with van der Waals surface area (Å²) in [7, 11) is -3.90. The van der Waals surface area contributed by atoms with Crippen molar-refractivity contribution in [2.24, 2.45) is 0 Å². The topological polar surface area (TPSA) is 141 Å². The van der Waals surface area contributed by atoms with Crippen molar-refractivity contribution in [3.63, 3.8) is 0 Å². The lowest BCUT2D eigenvalue weighted by Gasteiger charge is -2.10. The molecule has 13 heteroatoms. The number of thioether (sulfide) groups is 1. The molecule has 2 heterocycles. The van der Waals surface area contributed by atoms with E-state index in [2.05, 4.69) is 15.3 Å². The summed E-state index contributed by atoms with van der Waals surface area (Å²) in [4.78, 5) is 32.1. The van der Waals surface area contributed by atoms with E-state index in [1.54, 1.807) is 31.2 Å². The molecular formula is C19H17ClN4O5S3. The molecule has 0 unspecified atom stereocenters. The first-order valence-corrected chi connectivity index (χ1v) is 12.7. The Morgan fingerprint density at radius 2 is 2.00 bits per heavy atom. The summed E-state index contributed by atoms with van der Waals surface area (Å²) in [5.74, 6) is -1.29. The van der Waals surface area contributed by atoms with Crippen molar-refractivity contribution in [1.82, 2.24) is 9.97 Å². The predicted octanol–water partition coefficient (Wildman–Crippen LogP) is 3.51. The van der Waals surface area contributed by atoms with E-state index in [1.807, 2.05) is 0 Å². The Morgan fingerprint density at radius 3 is 2.66 bits per heavy atom. The fourth-order valence-electron chi connectivity index (χ4n) is 2.49. The average Bonchev–Trinajstić information content (AvgIpc) is 3.20. The molecule has 3 N–H and O–H groups in total. The zero-order valence-corrected chi connectivity index (χ0v) is 19.8. The minimum Gasteiger partial charge on any atom is -0.462 e. The molecule has 3 rings (SSSR count). The van der Waals surface area contributed by atoms with E-state index < -0.39 is 21.7 Å². The van der Waals surface area contributed by atoms with E-state index >= 15 is 0 Å². The van der Waals surface area contributed by atoms with Crippen LogP contribution in [0, 0.1) is 0 Å². The van der Waals surface area contributed by atoms with E-state index in [4.69, 9.17) is 22.1 Å². The molecule has 0 radical (unpaired) electrons. The van der Waals surface area contributed by atoms with Gasteiger partial charge in [0.1, 0.15) is 14.9 Å². The van der Waals surface area contributed by atoms with Crippen LogP contribution in [0.5, 0.6) is 0 Å². The molecule has 2 aromatic heterocycles. The van der Waals surface area contributed by atoms with Crippen LogP contribution in [0.2, 0.25) is 4.34 Å². The zero-order valence-electron chi connectivity index (χ0n) is 16.6. The van der Waals surface area contributed by atoms with Crippen LogP contribution >= 0.6 is 34.7 Å². The highest BCUT2D eigenvalue weighted by Gasteiger charge is 2.24. The van der Waals surface area contributed by atoms with Gasteiger partial charge < -0.3 is 15.8 Å². The van der Waals surface area contributed by atoms with Gasteiger partial charge in [-0.05, 0) is 31.2 Å². The monoisotopic (exact) mass is 512 g/mol. The van der Waals surface area contributed by atoms with E-state index in [9.17, 15) is 18.0 Å². The number of esters is 1. The highest BCUT2D eigenvalue weighted by molar-refractivity contribution is 7.99. The number of carbonyl (C=O) groups excluding carboxylic acids is 2. The maximum absolute atomic E-state index is 12.7. The van der Waals surface area contributed by atoms with Crippen LogP contribution in [0.15, 0.2) is 56.9 Å². The molecule has 0 bridgehead atoms. The molecule has 1 amide bonds. The number of hydrogen-bond donors (Lipinski definition) is 2. The van der Waals surface area contributed by atoms with Gasteiger partial charge in [0.25, 0.3) is 0 Å². The normalized spacial score (nSPS) is 11.2. The maximum atomic E-state index is 12.7. The van der Waals surface area contributed by atoms with Crippen molar-refractivity contribution in [2.45, 2.75) is 21.2 Å². The molecule has 32 heavy (non-hydrogen) atoms. The second-order valence-electron chi connectivity index (χ2n) is 6.07. The molecule has 0 aliphatic rings. The quantitative estimate of drug-likeness (QED) is 0.263. The summed E-state index contributed by atoms with van der Waals surface area (Å²) >= 11 is 7.68. The Balaban J connectivity index is 1.68. The molecule has 0 aliphatic heterocycles. The number of para-hydroxylation sites is 1. The molecule has 0 atom stereocenters. The number of thiophene rings is 1. The third-order valence-corrected chi connectivity index (χ3v) is 8.25. The van der Waals surface area contributed by atoms with Crippen LogP contribution in [0.25, 0.3) is 0 Å². The second-order valence-corrected chi connectivity index (χ2v) is 10.9. The van der Waals surface area contributed by atoms with Gasteiger partial charge in [-0.15, -0.1) is 11.3 Å². The van der Waals surface area contributed by atoms with Crippen molar-refractivity contribution >= 4 is 67.9 Å². The van der Waals surface area contributed by atoms with Crippen molar-refractivity contribution in [3.8, 4) is 0 Å². The molecule has 168 valence electrons. The summed E-state index contributed by atoms with van der Waals surface area (Å²) < 4.78 is 30.7. The van der Waals surface area contributed by atoms with Gasteiger partial charge in [0, 0.05) is 0 Å². The van der Waals surface area contributed by atoms with Crippen LogP contribution in [0.4, 0.5) is 11.5 Å². The Kier molecular flexibility index (Phi) is 7.72. The first kappa shape index (κ1) is 24.0. The van der Waals surface area contributed by atoms with Crippen LogP contribution in [0.3, 0.4) is 0 Å². The lowest BCUT2D eigenvalue weighted by atomic mass is 10.2. The number of sulfone groups is 1. The molecule has 3 aromatic rings. The minimum absolute atomic E-state index is 0.0258. The number of nitrogens with one attached hydrogen (secondary N) is 1. The number of rotatable bonds is 8. The second kappa shape index (κ2) is 10.3. The van der Waals surface area contributed by atoms with Crippen LogP contribution < -0.4 is 11.1 Å². The summed E-state index contributed by atoms with van der Waals surface area (Å²) in [6.07, 6.45) is 1.10. The van der Waals surface area contributed by atoms with Gasteiger partial charge in [-0.25, -0.2) is 23.2 Å². The number of ether oxygens (including phenoxy) is 1. The predicted molar refractivity (Wildman–Crippen MR) is 123 cm³/mol. The molecule has 0 spiro atoms. The molecule has 0 aliphatic carbocycles. The van der Waals surface area contributed by atoms with Crippen molar-refractivity contribution in [3.05, 3.63) is 52.5 Å². The molecule has 1 aromatic carbocycles. The number of hydrogen-bond acceptors (Lipinski definition) is 10. The lowest BCUT2D eigenvalue weighted by molar-refractivity contribution is -0.113. The number of benzene rings is 1. The van der Waals surface area contributed by atoms with Crippen molar-refractivity contribution in [2.75, 3.05) is 23.4 Å². The molecule has 0 saturated carbocycles. The molecule has 9 nitrogen and oxygen atoms in total. The highest BCUT2D eigenvalue weighted by atomic mass is 35.5. The number of amides is 1. The number of halogens is 1. The lowest BCUT2D eigenvalue weighted by Crippen LogP contribution is -2.17. The summed E-state index contributed by atoms with van der Waals surface area (Å²) in [6.45, 7) is 1.90. The Morgan fingerprint density at radius 1 is 1.25 bits per heavy atom. The fraction of sp³-hybridized carbons (Fsp3) is 0.158. The molecule has 0 saturated heterocycles. The summed E-state index contributed by atoms with van der Waals surface area (Å²) in [6, 6.07) is 9.31. The number of carbonyl (C=O) groups is 2. The third-order valence-electron chi connectivity index (χ3n) is 3.89. The van der Waals surface area contributed by atoms with E-state index in [-0.39, 0.29) is 38.0 Å². The van der Waals surface area contributed by atoms with E-state index in [0.717, 1.165) is 29.3 Å². The Hall–Kier alpha value is -2.67. The number of nitrogen functional groups attached to an aromatic ring is 1. The average molecular weight is 513 g/mol. The van der Waals surface area contributed by atoms with Gasteiger partial charge in [-0.1, -0.05) is 35.5 Å². The van der Waals surface area contributed by atoms with Crippen molar-refractivity contribution in [1.29, 1.82) is 0 Å². The van der Waals surface area contributed by atoms with Gasteiger partial charge in [-0.2, -0.15) is 0 Å². The van der Waals surface area contributed by atoms with Crippen LogP contribution in [-0.4, -0.2) is 42.6 Å². The number of aromatic nitrogens is 2. The fourth-order valence-corrected chi connectivity index (χ4v) is 5.98. The smallest absolute Gasteiger partial charge is 0.340 e. The van der Waals surface area contributed by atoms with Crippen LogP contribution in [-0.2, 0) is 19.4 Å². The standard InChI is InChI=1S/C19H17ClN4O5S3/c1-2-29-18(26)11-5-3-4-6-12(11)23-15(25)10-30-19-22-9-13(17(21)24-19)32(27,28)16-8-7-14(20)31-16/h3-9H,2,10H2,1H3,(H,23,25)(H2,21,22,24). The van der Waals surface area contributed by atoms with Crippen molar-refractivity contribution < 1.29 is 22.7 Å². The largest absolute Gasteiger partial charge is 0.462 e. The zero-order chi connectivity index (χ0) is 23.3. The van der Waals surface area contributed by atoms with Gasteiger partial charge in [0.05, 0.1) is 34.1 Å². The number of nitrogens with zero attached hydrogens (tertiary/aromatic N) is 2. The Labute approximate surface area is 197 Å². The first-order valence-electron chi connectivity index (χ1n) is 9.04. The summed E-state index contributed by atoms with van der Waals surface area (Å²) in [5, 5.41) is 2.76. The maximum Gasteiger partial charge on any atom is 0.340 e. The molecule has 0 fully saturated rings. The summed E-state index contributed by atoms with van der Waals surface area (Å²) in [5.41, 5.74) is 6.39. The van der Waals surface area contributed by atoms with Gasteiger partial charge >= 0.3 is 5.97 Å². The minimum atomic E-state index is -3.90. The van der Waals surface area contributed by atoms with E-state index in [0.29, 0.717) is 10.0 Å².